The van der Waals surface area contributed by atoms with Crippen molar-refractivity contribution in [3.63, 3.8) is 0 Å². The summed E-state index contributed by atoms with van der Waals surface area (Å²) in [6.07, 6.45) is 3.84. The number of benzene rings is 2. The molecule has 0 amide bonds. The molecule has 6 nitrogen and oxygen atoms in total. The van der Waals surface area contributed by atoms with Crippen LogP contribution in [0.4, 0.5) is 5.82 Å². The lowest BCUT2D eigenvalue weighted by molar-refractivity contribution is 0.211. The molecule has 1 aliphatic heterocycles. The molecule has 4 aromatic rings. The first-order valence-electron chi connectivity index (χ1n) is 11.5. The maximum atomic E-state index is 5.01. The molecule has 5 rings (SSSR count). The summed E-state index contributed by atoms with van der Waals surface area (Å²) in [5.41, 5.74) is 4.22. The van der Waals surface area contributed by atoms with Gasteiger partial charge >= 0.3 is 0 Å². The molecular weight excluding hydrogens is 396 g/mol. The van der Waals surface area contributed by atoms with Crippen LogP contribution in [0.1, 0.15) is 38.3 Å². The Morgan fingerprint density at radius 1 is 0.938 bits per heavy atom. The third-order valence-corrected chi connectivity index (χ3v) is 6.20. The molecular formula is C26H30N6. The Bertz CT molecular complexity index is 1160. The highest BCUT2D eigenvalue weighted by atomic mass is 15.2. The highest BCUT2D eigenvalue weighted by Crippen LogP contribution is 2.30. The first-order valence-corrected chi connectivity index (χ1v) is 11.5. The van der Waals surface area contributed by atoms with Crippen LogP contribution in [-0.4, -0.2) is 43.6 Å². The largest absolute Gasteiger partial charge is 0.365 e. The predicted octanol–water partition coefficient (Wildman–Crippen LogP) is 5.15. The van der Waals surface area contributed by atoms with Gasteiger partial charge in [-0.3, -0.25) is 4.90 Å². The van der Waals surface area contributed by atoms with Crippen LogP contribution in [0.15, 0.2) is 67.0 Å². The van der Waals surface area contributed by atoms with Crippen LogP contribution in [0.25, 0.3) is 22.6 Å². The lowest BCUT2D eigenvalue weighted by atomic mass is 10.0. The van der Waals surface area contributed by atoms with Crippen LogP contribution in [0, 0.1) is 0 Å². The number of hydrogen-bond donors (Lipinski definition) is 1. The Morgan fingerprint density at radius 2 is 1.62 bits per heavy atom. The number of aromatic nitrogens is 4. The second-order valence-electron chi connectivity index (χ2n) is 8.84. The summed E-state index contributed by atoms with van der Waals surface area (Å²) in [5.74, 6) is 1.78. The van der Waals surface area contributed by atoms with Crippen LogP contribution in [-0.2, 0) is 6.54 Å². The quantitative estimate of drug-likeness (QED) is 0.462. The molecule has 0 unspecified atom stereocenters. The fourth-order valence-electron chi connectivity index (χ4n) is 4.56. The normalized spacial score (nSPS) is 15.5. The number of fused-ring (bicyclic) bond motifs is 1. The van der Waals surface area contributed by atoms with Crippen molar-refractivity contribution in [3.8, 4) is 11.4 Å². The van der Waals surface area contributed by atoms with Gasteiger partial charge in [0.05, 0.1) is 0 Å². The van der Waals surface area contributed by atoms with Crippen LogP contribution in [0.5, 0.6) is 0 Å². The van der Waals surface area contributed by atoms with Crippen molar-refractivity contribution < 1.29 is 0 Å². The molecule has 32 heavy (non-hydrogen) atoms. The van der Waals surface area contributed by atoms with Crippen molar-refractivity contribution in [1.82, 2.24) is 24.4 Å². The molecule has 0 spiro atoms. The van der Waals surface area contributed by atoms with Gasteiger partial charge in [-0.1, -0.05) is 60.7 Å². The van der Waals surface area contributed by atoms with E-state index in [1.54, 1.807) is 6.33 Å². The molecule has 0 radical (unpaired) electrons. The zero-order chi connectivity index (χ0) is 21.9. The highest BCUT2D eigenvalue weighted by Gasteiger charge is 2.23. The summed E-state index contributed by atoms with van der Waals surface area (Å²) in [6.45, 7) is 7.52. The number of rotatable bonds is 6. The van der Waals surface area contributed by atoms with E-state index in [2.05, 4.69) is 81.1 Å². The number of nitrogens with one attached hydrogen (secondary N) is 1. The molecule has 164 valence electrons. The van der Waals surface area contributed by atoms with Gasteiger partial charge in [-0.15, -0.1) is 0 Å². The number of likely N-dealkylation sites (tertiary alicyclic amines) is 1. The van der Waals surface area contributed by atoms with Gasteiger partial charge in [0.2, 0.25) is 0 Å². The summed E-state index contributed by atoms with van der Waals surface area (Å²) in [4.78, 5) is 16.7. The highest BCUT2D eigenvalue weighted by molar-refractivity contribution is 5.86. The number of anilines is 1. The van der Waals surface area contributed by atoms with Crippen LogP contribution < -0.4 is 5.32 Å². The van der Waals surface area contributed by atoms with Crippen LogP contribution >= 0.6 is 0 Å². The lowest BCUT2D eigenvalue weighted by Crippen LogP contribution is -2.38. The minimum atomic E-state index is 0.249. The topological polar surface area (TPSA) is 58.9 Å². The molecule has 6 heteroatoms. The van der Waals surface area contributed by atoms with Crippen molar-refractivity contribution in [1.29, 1.82) is 0 Å². The molecule has 0 saturated carbocycles. The van der Waals surface area contributed by atoms with Gasteiger partial charge in [0.15, 0.2) is 17.0 Å². The van der Waals surface area contributed by atoms with Gasteiger partial charge in [0.1, 0.15) is 12.2 Å². The molecule has 1 aliphatic rings. The fourth-order valence-corrected chi connectivity index (χ4v) is 4.56. The number of imidazole rings is 1. The van der Waals surface area contributed by atoms with E-state index in [-0.39, 0.29) is 6.04 Å². The molecule has 1 fully saturated rings. The molecule has 1 N–H and O–H groups in total. The van der Waals surface area contributed by atoms with E-state index in [0.29, 0.717) is 6.04 Å². The predicted molar refractivity (Wildman–Crippen MR) is 130 cm³/mol. The standard InChI is InChI=1S/C26H30N6/c1-19(2)32-25(21-11-7-4-8-12-21)30-23-24(27-18-28-26(23)32)29-22-13-15-31(16-14-22)17-20-9-5-3-6-10-20/h3-12,18-19,22H,13-17H2,1-2H3,(H,27,28,29). The molecule has 0 bridgehead atoms. The number of piperidine rings is 1. The van der Waals surface area contributed by atoms with Crippen molar-refractivity contribution in [2.45, 2.75) is 45.3 Å². The minimum Gasteiger partial charge on any atom is -0.365 e. The van der Waals surface area contributed by atoms with Crippen molar-refractivity contribution in [3.05, 3.63) is 72.6 Å². The third-order valence-electron chi connectivity index (χ3n) is 6.20. The first kappa shape index (κ1) is 20.6. The minimum absolute atomic E-state index is 0.249. The van der Waals surface area contributed by atoms with Crippen molar-refractivity contribution in [2.24, 2.45) is 0 Å². The van der Waals surface area contributed by atoms with E-state index in [1.807, 2.05) is 18.2 Å². The van der Waals surface area contributed by atoms with Gasteiger partial charge in [-0.25, -0.2) is 15.0 Å². The van der Waals surface area contributed by atoms with E-state index < -0.39 is 0 Å². The van der Waals surface area contributed by atoms with Gasteiger partial charge in [-0.05, 0) is 32.3 Å². The lowest BCUT2D eigenvalue weighted by Gasteiger charge is -2.32. The Labute approximate surface area is 189 Å². The smallest absolute Gasteiger partial charge is 0.166 e. The Balaban J connectivity index is 1.35. The maximum Gasteiger partial charge on any atom is 0.166 e. The van der Waals surface area contributed by atoms with Crippen LogP contribution in [0.2, 0.25) is 0 Å². The SMILES string of the molecule is CC(C)n1c(-c2ccccc2)nc2c(NC3CCN(Cc4ccccc4)CC3)ncnc21. The average Bonchev–Trinajstić information content (AvgIpc) is 3.23. The fraction of sp³-hybridized carbons (Fsp3) is 0.346. The molecule has 2 aromatic heterocycles. The van der Waals surface area contributed by atoms with Crippen molar-refractivity contribution >= 4 is 17.0 Å². The second kappa shape index (κ2) is 9.09. The average molecular weight is 427 g/mol. The van der Waals surface area contributed by atoms with E-state index in [9.17, 15) is 0 Å². The molecule has 0 atom stereocenters. The van der Waals surface area contributed by atoms with E-state index in [1.165, 1.54) is 5.56 Å². The zero-order valence-corrected chi connectivity index (χ0v) is 18.8. The van der Waals surface area contributed by atoms with Gasteiger partial charge < -0.3 is 9.88 Å². The van der Waals surface area contributed by atoms with E-state index in [0.717, 1.165) is 60.8 Å². The Kier molecular flexibility index (Phi) is 5.86. The summed E-state index contributed by atoms with van der Waals surface area (Å²) in [6, 6.07) is 21.7. The van der Waals surface area contributed by atoms with Crippen molar-refractivity contribution in [2.75, 3.05) is 18.4 Å². The van der Waals surface area contributed by atoms with Gasteiger partial charge in [-0.2, -0.15) is 0 Å². The molecule has 2 aromatic carbocycles. The molecule has 0 aliphatic carbocycles. The summed E-state index contributed by atoms with van der Waals surface area (Å²) < 4.78 is 2.21. The van der Waals surface area contributed by atoms with E-state index >= 15 is 0 Å². The molecule has 1 saturated heterocycles. The molecule has 3 heterocycles. The maximum absolute atomic E-state index is 5.01. The van der Waals surface area contributed by atoms with E-state index in [4.69, 9.17) is 4.98 Å². The Hall–Kier alpha value is -3.25. The number of nitrogens with zero attached hydrogens (tertiary/aromatic N) is 5. The van der Waals surface area contributed by atoms with Gasteiger partial charge in [0, 0.05) is 37.3 Å². The van der Waals surface area contributed by atoms with Crippen LogP contribution in [0.3, 0.4) is 0 Å². The third kappa shape index (κ3) is 4.23. The number of hydrogen-bond acceptors (Lipinski definition) is 5. The first-order chi connectivity index (χ1) is 15.7. The summed E-state index contributed by atoms with van der Waals surface area (Å²) in [7, 11) is 0. The van der Waals surface area contributed by atoms with Gasteiger partial charge in [0.25, 0.3) is 0 Å². The second-order valence-corrected chi connectivity index (χ2v) is 8.84. The zero-order valence-electron chi connectivity index (χ0n) is 18.8. The Morgan fingerprint density at radius 3 is 2.31 bits per heavy atom. The summed E-state index contributed by atoms with van der Waals surface area (Å²) in [5, 5.41) is 3.69. The monoisotopic (exact) mass is 426 g/mol. The summed E-state index contributed by atoms with van der Waals surface area (Å²) >= 11 is 0.